The van der Waals surface area contributed by atoms with Crippen molar-refractivity contribution < 1.29 is 0 Å². The van der Waals surface area contributed by atoms with Crippen LogP contribution in [0.25, 0.3) is 10.8 Å². The van der Waals surface area contributed by atoms with Gasteiger partial charge in [-0.3, -0.25) is 0 Å². The molecule has 0 fully saturated rings. The molecule has 0 aromatic heterocycles. The van der Waals surface area contributed by atoms with Crippen molar-refractivity contribution in [1.82, 2.24) is 0 Å². The summed E-state index contributed by atoms with van der Waals surface area (Å²) in [5, 5.41) is 2.65. The second kappa shape index (κ2) is 2.85. The van der Waals surface area contributed by atoms with Crippen molar-refractivity contribution in [2.45, 2.75) is 0 Å². The van der Waals surface area contributed by atoms with Gasteiger partial charge in [0.05, 0.1) is 0 Å². The van der Waals surface area contributed by atoms with Crippen molar-refractivity contribution in [2.75, 3.05) is 0 Å². The zero-order chi connectivity index (χ0) is 7.68. The minimum absolute atomic E-state index is 1.32. The van der Waals surface area contributed by atoms with E-state index in [-0.39, 0.29) is 0 Å². The van der Waals surface area contributed by atoms with Gasteiger partial charge in [0, 0.05) is 0 Å². The van der Waals surface area contributed by atoms with E-state index >= 15 is 0 Å². The van der Waals surface area contributed by atoms with Crippen molar-refractivity contribution >= 4 is 36.7 Å². The Morgan fingerprint density at radius 1 is 0.818 bits per heavy atom. The summed E-state index contributed by atoms with van der Waals surface area (Å²) in [7, 11) is 0. The Bertz CT molecular complexity index is 379. The monoisotopic (exact) mass is 257 g/mol. The van der Waals surface area contributed by atoms with E-state index in [1.54, 1.807) is 0 Å². The third-order valence-electron chi connectivity index (χ3n) is 1.72. The molecular weight excluding hydrogens is 248 g/mol. The average Bonchev–Trinajstić information content (AvgIpc) is 2.04. The standard InChI is InChI=1S/C10H7Te/c11-10-6-5-8-3-1-2-4-9(8)7-10/h1-7H. The summed E-state index contributed by atoms with van der Waals surface area (Å²) in [5.74, 6) is 0. The molecule has 0 aliphatic rings. The summed E-state index contributed by atoms with van der Waals surface area (Å²) < 4.78 is 1.33. The first kappa shape index (κ1) is 7.16. The fourth-order valence-corrected chi connectivity index (χ4v) is 1.72. The minimum atomic E-state index is 1.32. The van der Waals surface area contributed by atoms with Crippen LogP contribution >= 0.6 is 0 Å². The van der Waals surface area contributed by atoms with E-state index in [0.717, 1.165) is 0 Å². The number of hydrogen-bond acceptors (Lipinski definition) is 0. The van der Waals surface area contributed by atoms with Crippen LogP contribution in [0.15, 0.2) is 42.5 Å². The van der Waals surface area contributed by atoms with Gasteiger partial charge in [0.25, 0.3) is 0 Å². The van der Waals surface area contributed by atoms with Gasteiger partial charge >= 0.3 is 79.1 Å². The molecule has 2 aromatic carbocycles. The molecule has 0 saturated carbocycles. The molecule has 0 saturated heterocycles. The predicted molar refractivity (Wildman–Crippen MR) is 49.3 cm³/mol. The summed E-state index contributed by atoms with van der Waals surface area (Å²) in [6.07, 6.45) is 0. The van der Waals surface area contributed by atoms with Crippen LogP contribution in [0.5, 0.6) is 0 Å². The topological polar surface area (TPSA) is 0 Å². The van der Waals surface area contributed by atoms with E-state index in [1.165, 1.54) is 14.4 Å². The van der Waals surface area contributed by atoms with Crippen molar-refractivity contribution in [3.05, 3.63) is 42.5 Å². The number of fused-ring (bicyclic) bond motifs is 1. The van der Waals surface area contributed by atoms with E-state index in [2.05, 4.69) is 42.5 Å². The van der Waals surface area contributed by atoms with Gasteiger partial charge in [-0.25, -0.2) is 0 Å². The molecule has 0 aliphatic heterocycles. The van der Waals surface area contributed by atoms with Gasteiger partial charge in [-0.2, -0.15) is 0 Å². The van der Waals surface area contributed by atoms with E-state index in [4.69, 9.17) is 0 Å². The molecule has 0 amide bonds. The number of hydrogen-bond donors (Lipinski definition) is 0. The molecule has 0 unspecified atom stereocenters. The molecule has 0 spiro atoms. The molecule has 2 aromatic rings. The Hall–Kier alpha value is -0.510. The fourth-order valence-electron chi connectivity index (χ4n) is 1.17. The zero-order valence-corrected chi connectivity index (χ0v) is 8.28. The summed E-state index contributed by atoms with van der Waals surface area (Å²) in [6, 6.07) is 14.9. The summed E-state index contributed by atoms with van der Waals surface area (Å²) in [5.41, 5.74) is 0. The molecule has 0 heterocycles. The van der Waals surface area contributed by atoms with Gasteiger partial charge in [0.1, 0.15) is 0 Å². The molecule has 1 radical (unpaired) electrons. The van der Waals surface area contributed by atoms with Gasteiger partial charge < -0.3 is 0 Å². The van der Waals surface area contributed by atoms with Gasteiger partial charge in [0.15, 0.2) is 0 Å². The molecule has 0 nitrogen and oxygen atoms in total. The third kappa shape index (κ3) is 1.40. The Balaban J connectivity index is 2.83. The van der Waals surface area contributed by atoms with Crippen LogP contribution in [0, 0.1) is 0 Å². The second-order valence-corrected chi connectivity index (χ2v) is 3.85. The summed E-state index contributed by atoms with van der Waals surface area (Å²) in [6.45, 7) is 0. The third-order valence-corrected chi connectivity index (χ3v) is 2.45. The van der Waals surface area contributed by atoms with Crippen LogP contribution < -0.4 is 3.61 Å². The average molecular weight is 255 g/mol. The van der Waals surface area contributed by atoms with E-state index in [0.29, 0.717) is 0 Å². The quantitative estimate of drug-likeness (QED) is 0.627. The predicted octanol–water partition coefficient (Wildman–Crippen LogP) is 1.63. The maximum atomic E-state index is 2.21. The van der Waals surface area contributed by atoms with Crippen molar-refractivity contribution in [3.63, 3.8) is 0 Å². The number of benzene rings is 2. The molecular formula is C10H7Te. The fraction of sp³-hybridized carbons (Fsp3) is 0. The molecule has 53 valence electrons. The maximum absolute atomic E-state index is 2.21. The van der Waals surface area contributed by atoms with Crippen LogP contribution in [0.3, 0.4) is 0 Å². The van der Waals surface area contributed by atoms with Crippen LogP contribution in [0.4, 0.5) is 0 Å². The van der Waals surface area contributed by atoms with Crippen LogP contribution in [-0.4, -0.2) is 22.3 Å². The summed E-state index contributed by atoms with van der Waals surface area (Å²) >= 11 is 2.05. The number of rotatable bonds is 0. The molecule has 1 heteroatoms. The first-order valence-corrected chi connectivity index (χ1v) is 4.68. The van der Waals surface area contributed by atoms with Gasteiger partial charge in [-0.05, 0) is 0 Å². The molecule has 0 aliphatic carbocycles. The Labute approximate surface area is 79.1 Å². The summed E-state index contributed by atoms with van der Waals surface area (Å²) in [4.78, 5) is 0. The second-order valence-electron chi connectivity index (χ2n) is 2.51. The molecule has 2 rings (SSSR count). The van der Waals surface area contributed by atoms with Gasteiger partial charge in [-0.1, -0.05) is 0 Å². The van der Waals surface area contributed by atoms with E-state index in [1.807, 2.05) is 22.3 Å². The SMILES string of the molecule is [Te]c1ccc2ccccc2c1. The van der Waals surface area contributed by atoms with E-state index < -0.39 is 0 Å². The molecule has 0 atom stereocenters. The van der Waals surface area contributed by atoms with Crippen molar-refractivity contribution in [3.8, 4) is 0 Å². The molecule has 0 N–H and O–H groups in total. The Morgan fingerprint density at radius 2 is 1.55 bits per heavy atom. The Kier molecular flexibility index (Phi) is 1.85. The first-order chi connectivity index (χ1) is 5.36. The van der Waals surface area contributed by atoms with Gasteiger partial charge in [0.2, 0.25) is 0 Å². The normalized spacial score (nSPS) is 10.2. The van der Waals surface area contributed by atoms with Crippen LogP contribution in [0.1, 0.15) is 0 Å². The van der Waals surface area contributed by atoms with Crippen molar-refractivity contribution in [1.29, 1.82) is 0 Å². The van der Waals surface area contributed by atoms with E-state index in [9.17, 15) is 0 Å². The molecule has 0 bridgehead atoms. The van der Waals surface area contributed by atoms with Crippen LogP contribution in [-0.2, 0) is 0 Å². The van der Waals surface area contributed by atoms with Gasteiger partial charge in [-0.15, -0.1) is 0 Å². The molecule has 11 heavy (non-hydrogen) atoms. The van der Waals surface area contributed by atoms with Crippen molar-refractivity contribution in [2.24, 2.45) is 0 Å². The van der Waals surface area contributed by atoms with Crippen LogP contribution in [0.2, 0.25) is 0 Å². The zero-order valence-electron chi connectivity index (χ0n) is 5.95. The first-order valence-electron chi connectivity index (χ1n) is 3.52. The Morgan fingerprint density at radius 3 is 2.36 bits per heavy atom.